The van der Waals surface area contributed by atoms with Gasteiger partial charge in [0.25, 0.3) is 20.2 Å². The number of phenolic OH excluding ortho intramolecular Hbond substituents is 1. The molecule has 0 bridgehead atoms. The van der Waals surface area contributed by atoms with Crippen molar-refractivity contribution in [2.75, 3.05) is 12.4 Å². The van der Waals surface area contributed by atoms with Crippen LogP contribution < -0.4 is 5.32 Å². The summed E-state index contributed by atoms with van der Waals surface area (Å²) in [6.07, 6.45) is 0. The maximum atomic E-state index is 11.5. The number of fused-ring (bicyclic) bond motifs is 1. The highest BCUT2D eigenvalue weighted by Crippen LogP contribution is 2.40. The minimum Gasteiger partial charge on any atom is -0.507 e. The zero-order valence-corrected chi connectivity index (χ0v) is 16.4. The average molecular weight is 437 g/mol. The molecule has 0 aromatic heterocycles. The zero-order valence-electron chi connectivity index (χ0n) is 14.8. The third kappa shape index (κ3) is 4.35. The van der Waals surface area contributed by atoms with Gasteiger partial charge in [0.15, 0.2) is 0 Å². The fourth-order valence-electron chi connectivity index (χ4n) is 2.62. The molecule has 0 spiro atoms. The number of rotatable bonds is 5. The van der Waals surface area contributed by atoms with Gasteiger partial charge in [-0.05, 0) is 42.5 Å². The zero-order chi connectivity index (χ0) is 21.4. The van der Waals surface area contributed by atoms with Crippen LogP contribution in [0.5, 0.6) is 5.75 Å². The van der Waals surface area contributed by atoms with Crippen molar-refractivity contribution in [3.05, 3.63) is 48.5 Å². The molecule has 0 aliphatic rings. The Kier molecular flexibility index (Phi) is 5.28. The first-order chi connectivity index (χ1) is 13.5. The Morgan fingerprint density at radius 3 is 1.97 bits per heavy atom. The van der Waals surface area contributed by atoms with Crippen molar-refractivity contribution < 1.29 is 31.0 Å². The Hall–Kier alpha value is -3.06. The number of nitrogens with one attached hydrogen (secondary N) is 1. The Morgan fingerprint density at radius 2 is 1.41 bits per heavy atom. The van der Waals surface area contributed by atoms with E-state index in [9.17, 15) is 26.5 Å². The van der Waals surface area contributed by atoms with Crippen molar-refractivity contribution in [1.82, 2.24) is 0 Å². The number of aromatic hydroxyl groups is 1. The van der Waals surface area contributed by atoms with Gasteiger partial charge in [0, 0.05) is 23.9 Å². The molecule has 0 saturated carbocycles. The van der Waals surface area contributed by atoms with Crippen molar-refractivity contribution >= 4 is 48.1 Å². The summed E-state index contributed by atoms with van der Waals surface area (Å²) in [5.41, 5.74) is 0.902. The van der Waals surface area contributed by atoms with E-state index in [-0.39, 0.29) is 32.8 Å². The number of phenols is 1. The highest BCUT2D eigenvalue weighted by atomic mass is 32.2. The van der Waals surface area contributed by atoms with Crippen molar-refractivity contribution in [2.24, 2.45) is 10.2 Å². The molecule has 10 nitrogen and oxygen atoms in total. The van der Waals surface area contributed by atoms with Crippen LogP contribution in [0.4, 0.5) is 17.1 Å². The lowest BCUT2D eigenvalue weighted by Gasteiger charge is -2.10. The molecular weight excluding hydrogens is 422 g/mol. The van der Waals surface area contributed by atoms with Crippen LogP contribution in [-0.4, -0.2) is 38.1 Å². The summed E-state index contributed by atoms with van der Waals surface area (Å²) in [4.78, 5) is -0.815. The van der Waals surface area contributed by atoms with Gasteiger partial charge in [0.2, 0.25) is 0 Å². The predicted octanol–water partition coefficient (Wildman–Crippen LogP) is 3.50. The first kappa shape index (κ1) is 20.7. The molecule has 12 heteroatoms. The standard InChI is InChI=1S/C17H15N3O7S2/c1-18-15-7-6-13-14(8-12(9-16(13)21)29(25,26)27)17(15)20-19-10-2-4-11(5-3-10)28(22,23)24/h2-9,18,21H,1H3,(H,22,23,24)(H,25,26,27). The summed E-state index contributed by atoms with van der Waals surface area (Å²) in [6, 6.07) is 10.2. The monoisotopic (exact) mass is 437 g/mol. The van der Waals surface area contributed by atoms with Gasteiger partial charge in [-0.25, -0.2) is 0 Å². The van der Waals surface area contributed by atoms with E-state index in [1.165, 1.54) is 12.1 Å². The molecule has 3 aromatic rings. The van der Waals surface area contributed by atoms with Gasteiger partial charge in [-0.1, -0.05) is 0 Å². The molecule has 0 radical (unpaired) electrons. The lowest BCUT2D eigenvalue weighted by Crippen LogP contribution is -1.98. The van der Waals surface area contributed by atoms with Crippen LogP contribution in [0.1, 0.15) is 0 Å². The van der Waals surface area contributed by atoms with Gasteiger partial charge >= 0.3 is 0 Å². The molecule has 0 unspecified atom stereocenters. The second kappa shape index (κ2) is 7.40. The molecular formula is C17H15N3O7S2. The lowest BCUT2D eigenvalue weighted by atomic mass is 10.1. The number of azo groups is 1. The fraction of sp³-hybridized carbons (Fsp3) is 0.0588. The van der Waals surface area contributed by atoms with Gasteiger partial charge in [-0.15, -0.1) is 5.11 Å². The summed E-state index contributed by atoms with van der Waals surface area (Å²) in [5, 5.41) is 21.6. The molecule has 0 aliphatic heterocycles. The number of hydrogen-bond donors (Lipinski definition) is 4. The highest BCUT2D eigenvalue weighted by Gasteiger charge is 2.17. The molecule has 4 N–H and O–H groups in total. The molecule has 152 valence electrons. The molecule has 0 amide bonds. The molecule has 29 heavy (non-hydrogen) atoms. The second-order valence-electron chi connectivity index (χ2n) is 5.89. The molecule has 3 aromatic carbocycles. The summed E-state index contributed by atoms with van der Waals surface area (Å²) in [7, 11) is -7.31. The summed E-state index contributed by atoms with van der Waals surface area (Å²) in [6.45, 7) is 0. The maximum absolute atomic E-state index is 11.5. The summed E-state index contributed by atoms with van der Waals surface area (Å²) >= 11 is 0. The van der Waals surface area contributed by atoms with E-state index in [0.29, 0.717) is 5.69 Å². The van der Waals surface area contributed by atoms with Crippen molar-refractivity contribution in [3.8, 4) is 5.75 Å². The first-order valence-electron chi connectivity index (χ1n) is 7.95. The predicted molar refractivity (Wildman–Crippen MR) is 105 cm³/mol. The Morgan fingerprint density at radius 1 is 0.793 bits per heavy atom. The Bertz CT molecular complexity index is 1330. The van der Waals surface area contributed by atoms with Gasteiger partial charge in [-0.3, -0.25) is 9.11 Å². The first-order valence-corrected chi connectivity index (χ1v) is 10.8. The van der Waals surface area contributed by atoms with Crippen LogP contribution in [-0.2, 0) is 20.2 Å². The van der Waals surface area contributed by atoms with Crippen LogP contribution in [0.2, 0.25) is 0 Å². The number of anilines is 1. The molecule has 0 fully saturated rings. The maximum Gasteiger partial charge on any atom is 0.294 e. The van der Waals surface area contributed by atoms with Crippen molar-refractivity contribution in [3.63, 3.8) is 0 Å². The molecule has 0 aliphatic carbocycles. The fourth-order valence-corrected chi connectivity index (χ4v) is 3.63. The molecule has 0 atom stereocenters. The van der Waals surface area contributed by atoms with E-state index in [1.807, 2.05) is 0 Å². The van der Waals surface area contributed by atoms with Crippen LogP contribution in [0.25, 0.3) is 10.8 Å². The Balaban J connectivity index is 2.17. The number of benzene rings is 3. The minimum atomic E-state index is -4.57. The van der Waals surface area contributed by atoms with Gasteiger partial charge in [0.05, 0.1) is 21.2 Å². The average Bonchev–Trinajstić information content (AvgIpc) is 2.64. The van der Waals surface area contributed by atoms with Gasteiger partial charge < -0.3 is 10.4 Å². The van der Waals surface area contributed by atoms with Crippen LogP contribution in [0.15, 0.2) is 68.6 Å². The number of hydrogen-bond acceptors (Lipinski definition) is 8. The van der Waals surface area contributed by atoms with Crippen LogP contribution >= 0.6 is 0 Å². The highest BCUT2D eigenvalue weighted by molar-refractivity contribution is 7.86. The van der Waals surface area contributed by atoms with Crippen LogP contribution in [0, 0.1) is 0 Å². The van der Waals surface area contributed by atoms with E-state index >= 15 is 0 Å². The largest absolute Gasteiger partial charge is 0.507 e. The smallest absolute Gasteiger partial charge is 0.294 e. The SMILES string of the molecule is CNc1ccc2c(O)cc(S(=O)(=O)O)cc2c1N=Nc1ccc(S(=O)(=O)O)cc1. The summed E-state index contributed by atoms with van der Waals surface area (Å²) < 4.78 is 63.5. The van der Waals surface area contributed by atoms with E-state index < -0.39 is 25.1 Å². The minimum absolute atomic E-state index is 0.185. The van der Waals surface area contributed by atoms with Crippen LogP contribution in [0.3, 0.4) is 0 Å². The van der Waals surface area contributed by atoms with Gasteiger partial charge in [0.1, 0.15) is 11.4 Å². The van der Waals surface area contributed by atoms with E-state index in [1.54, 1.807) is 19.2 Å². The Labute approximate surface area is 166 Å². The normalized spacial score (nSPS) is 12.5. The number of nitrogens with zero attached hydrogens (tertiary/aromatic N) is 2. The quantitative estimate of drug-likeness (QED) is 0.348. The van der Waals surface area contributed by atoms with Crippen molar-refractivity contribution in [1.29, 1.82) is 0 Å². The molecule has 0 heterocycles. The summed E-state index contributed by atoms with van der Waals surface area (Å²) in [5.74, 6) is -0.369. The molecule has 0 saturated heterocycles. The van der Waals surface area contributed by atoms with E-state index in [4.69, 9.17) is 4.55 Å². The van der Waals surface area contributed by atoms with Crippen molar-refractivity contribution in [2.45, 2.75) is 9.79 Å². The molecule has 3 rings (SSSR count). The third-order valence-corrected chi connectivity index (χ3v) is 5.73. The topological polar surface area (TPSA) is 166 Å². The van der Waals surface area contributed by atoms with E-state index in [0.717, 1.165) is 24.3 Å². The second-order valence-corrected chi connectivity index (χ2v) is 8.74. The van der Waals surface area contributed by atoms with E-state index in [2.05, 4.69) is 15.5 Å². The lowest BCUT2D eigenvalue weighted by molar-refractivity contribution is 0.471. The third-order valence-electron chi connectivity index (χ3n) is 4.03. The van der Waals surface area contributed by atoms with Gasteiger partial charge in [-0.2, -0.15) is 21.9 Å².